The van der Waals surface area contributed by atoms with Crippen LogP contribution in [0.15, 0.2) is 12.2 Å². The minimum Gasteiger partial charge on any atom is -0.316 e. The molecule has 0 radical (unpaired) electrons. The summed E-state index contributed by atoms with van der Waals surface area (Å²) in [4.78, 5) is 2.58. The van der Waals surface area contributed by atoms with Gasteiger partial charge in [-0.2, -0.15) is 0 Å². The van der Waals surface area contributed by atoms with Crippen molar-refractivity contribution >= 4 is 0 Å². The van der Waals surface area contributed by atoms with Crippen LogP contribution < -0.4 is 5.32 Å². The van der Waals surface area contributed by atoms with Crippen molar-refractivity contribution in [3.63, 3.8) is 0 Å². The molecule has 0 bridgehead atoms. The van der Waals surface area contributed by atoms with E-state index in [4.69, 9.17) is 0 Å². The predicted octanol–water partition coefficient (Wildman–Crippen LogP) is 2.27. The number of nitrogens with one attached hydrogen (secondary N) is 1. The van der Waals surface area contributed by atoms with E-state index in [0.29, 0.717) is 6.04 Å². The lowest BCUT2D eigenvalue weighted by atomic mass is 9.90. The summed E-state index contributed by atoms with van der Waals surface area (Å²) < 4.78 is 0. The molecule has 15 heavy (non-hydrogen) atoms. The summed E-state index contributed by atoms with van der Waals surface area (Å²) in [5.41, 5.74) is 1.36. The number of hydrogen-bond donors (Lipinski definition) is 1. The Morgan fingerprint density at radius 1 is 1.40 bits per heavy atom. The first-order chi connectivity index (χ1) is 7.13. The van der Waals surface area contributed by atoms with E-state index >= 15 is 0 Å². The Labute approximate surface area is 94.7 Å². The SMILES string of the molecule is C=C(CNC)CC1CCN(C(C)C)CC1. The summed E-state index contributed by atoms with van der Waals surface area (Å²) in [6.07, 6.45) is 3.91. The number of nitrogens with zero attached hydrogens (tertiary/aromatic N) is 1. The molecular formula is C13H26N2. The third-order valence-electron chi connectivity index (χ3n) is 3.38. The quantitative estimate of drug-likeness (QED) is 0.700. The molecular weight excluding hydrogens is 184 g/mol. The van der Waals surface area contributed by atoms with Crippen LogP contribution in [0.2, 0.25) is 0 Å². The lowest BCUT2D eigenvalue weighted by molar-refractivity contribution is 0.149. The van der Waals surface area contributed by atoms with E-state index in [1.165, 1.54) is 37.9 Å². The van der Waals surface area contributed by atoms with E-state index in [1.807, 2.05) is 7.05 Å². The largest absolute Gasteiger partial charge is 0.316 e. The Balaban J connectivity index is 2.22. The van der Waals surface area contributed by atoms with Crippen molar-refractivity contribution in [2.24, 2.45) is 5.92 Å². The van der Waals surface area contributed by atoms with E-state index in [-0.39, 0.29) is 0 Å². The van der Waals surface area contributed by atoms with Gasteiger partial charge in [0.25, 0.3) is 0 Å². The molecule has 1 N–H and O–H groups in total. The molecule has 0 aromatic heterocycles. The molecule has 2 heteroatoms. The number of likely N-dealkylation sites (N-methyl/N-ethyl adjacent to an activating group) is 1. The fourth-order valence-electron chi connectivity index (χ4n) is 2.40. The van der Waals surface area contributed by atoms with Gasteiger partial charge in [-0.3, -0.25) is 0 Å². The van der Waals surface area contributed by atoms with Crippen LogP contribution in [0, 0.1) is 5.92 Å². The van der Waals surface area contributed by atoms with E-state index in [2.05, 4.69) is 30.6 Å². The van der Waals surface area contributed by atoms with Crippen molar-refractivity contribution < 1.29 is 0 Å². The van der Waals surface area contributed by atoms with Crippen molar-refractivity contribution in [1.29, 1.82) is 0 Å². The van der Waals surface area contributed by atoms with Crippen molar-refractivity contribution in [2.45, 2.75) is 39.2 Å². The minimum atomic E-state index is 0.714. The highest BCUT2D eigenvalue weighted by molar-refractivity contribution is 4.98. The first-order valence-corrected chi connectivity index (χ1v) is 6.18. The Morgan fingerprint density at radius 3 is 2.47 bits per heavy atom. The molecule has 88 valence electrons. The number of rotatable bonds is 5. The Bertz CT molecular complexity index is 191. The highest BCUT2D eigenvalue weighted by Gasteiger charge is 2.20. The summed E-state index contributed by atoms with van der Waals surface area (Å²) >= 11 is 0. The number of likely N-dealkylation sites (tertiary alicyclic amines) is 1. The monoisotopic (exact) mass is 210 g/mol. The minimum absolute atomic E-state index is 0.714. The molecule has 0 aromatic carbocycles. The van der Waals surface area contributed by atoms with Crippen molar-refractivity contribution in [2.75, 3.05) is 26.7 Å². The predicted molar refractivity (Wildman–Crippen MR) is 67.1 cm³/mol. The van der Waals surface area contributed by atoms with Gasteiger partial charge in [-0.05, 0) is 59.2 Å². The van der Waals surface area contributed by atoms with Crippen LogP contribution >= 0.6 is 0 Å². The van der Waals surface area contributed by atoms with Gasteiger partial charge in [-0.25, -0.2) is 0 Å². The van der Waals surface area contributed by atoms with Crippen LogP contribution in [-0.2, 0) is 0 Å². The molecule has 1 heterocycles. The topological polar surface area (TPSA) is 15.3 Å². The summed E-state index contributed by atoms with van der Waals surface area (Å²) in [7, 11) is 1.99. The van der Waals surface area contributed by atoms with E-state index in [0.717, 1.165) is 12.5 Å². The standard InChI is InChI=1S/C13H26N2/c1-11(2)15-7-5-13(6-8-15)9-12(3)10-14-4/h11,13-14H,3,5-10H2,1-2,4H3. The molecule has 0 aromatic rings. The Kier molecular flexibility index (Phi) is 5.34. The Morgan fingerprint density at radius 2 is 2.00 bits per heavy atom. The maximum absolute atomic E-state index is 4.12. The summed E-state index contributed by atoms with van der Waals surface area (Å²) in [6.45, 7) is 12.2. The van der Waals surface area contributed by atoms with Gasteiger partial charge in [0, 0.05) is 12.6 Å². The smallest absolute Gasteiger partial charge is 0.0159 e. The van der Waals surface area contributed by atoms with Gasteiger partial charge >= 0.3 is 0 Å². The van der Waals surface area contributed by atoms with Crippen molar-refractivity contribution in [1.82, 2.24) is 10.2 Å². The summed E-state index contributed by atoms with van der Waals surface area (Å²) in [6, 6.07) is 0.714. The molecule has 0 spiro atoms. The molecule has 0 amide bonds. The van der Waals surface area contributed by atoms with E-state index in [1.54, 1.807) is 0 Å². The normalized spacial score (nSPS) is 19.7. The highest BCUT2D eigenvalue weighted by Crippen LogP contribution is 2.24. The fourth-order valence-corrected chi connectivity index (χ4v) is 2.40. The lowest BCUT2D eigenvalue weighted by Crippen LogP contribution is -2.38. The lowest BCUT2D eigenvalue weighted by Gasteiger charge is -2.34. The van der Waals surface area contributed by atoms with Crippen molar-refractivity contribution in [3.8, 4) is 0 Å². The van der Waals surface area contributed by atoms with Gasteiger partial charge in [-0.1, -0.05) is 12.2 Å². The van der Waals surface area contributed by atoms with Gasteiger partial charge in [0.15, 0.2) is 0 Å². The van der Waals surface area contributed by atoms with Gasteiger partial charge < -0.3 is 10.2 Å². The third kappa shape index (κ3) is 4.35. The summed E-state index contributed by atoms with van der Waals surface area (Å²) in [5, 5.41) is 3.17. The zero-order chi connectivity index (χ0) is 11.3. The number of piperidine rings is 1. The van der Waals surface area contributed by atoms with Crippen LogP contribution in [0.4, 0.5) is 0 Å². The fraction of sp³-hybridized carbons (Fsp3) is 0.846. The molecule has 1 saturated heterocycles. The average molecular weight is 210 g/mol. The second kappa shape index (κ2) is 6.29. The average Bonchev–Trinajstić information content (AvgIpc) is 2.18. The molecule has 1 rings (SSSR count). The van der Waals surface area contributed by atoms with Gasteiger partial charge in [0.1, 0.15) is 0 Å². The highest BCUT2D eigenvalue weighted by atomic mass is 15.1. The van der Waals surface area contributed by atoms with Crippen LogP contribution in [-0.4, -0.2) is 37.6 Å². The first-order valence-electron chi connectivity index (χ1n) is 6.18. The Hall–Kier alpha value is -0.340. The zero-order valence-electron chi connectivity index (χ0n) is 10.6. The maximum Gasteiger partial charge on any atom is 0.0159 e. The molecule has 0 aliphatic carbocycles. The van der Waals surface area contributed by atoms with Crippen molar-refractivity contribution in [3.05, 3.63) is 12.2 Å². The van der Waals surface area contributed by atoms with Gasteiger partial charge in [-0.15, -0.1) is 0 Å². The van der Waals surface area contributed by atoms with E-state index < -0.39 is 0 Å². The molecule has 0 saturated carbocycles. The summed E-state index contributed by atoms with van der Waals surface area (Å²) in [5.74, 6) is 0.876. The maximum atomic E-state index is 4.12. The second-order valence-corrected chi connectivity index (χ2v) is 5.06. The first kappa shape index (κ1) is 12.7. The van der Waals surface area contributed by atoms with Crippen LogP contribution in [0.25, 0.3) is 0 Å². The molecule has 1 aliphatic rings. The number of hydrogen-bond acceptors (Lipinski definition) is 2. The van der Waals surface area contributed by atoms with E-state index in [9.17, 15) is 0 Å². The van der Waals surface area contributed by atoms with Crippen LogP contribution in [0.1, 0.15) is 33.1 Å². The molecule has 2 nitrogen and oxygen atoms in total. The molecule has 1 aliphatic heterocycles. The zero-order valence-corrected chi connectivity index (χ0v) is 10.6. The van der Waals surface area contributed by atoms with Crippen LogP contribution in [0.3, 0.4) is 0 Å². The van der Waals surface area contributed by atoms with Gasteiger partial charge in [0.05, 0.1) is 0 Å². The van der Waals surface area contributed by atoms with Gasteiger partial charge in [0.2, 0.25) is 0 Å². The molecule has 0 unspecified atom stereocenters. The second-order valence-electron chi connectivity index (χ2n) is 5.06. The molecule has 0 atom stereocenters. The third-order valence-corrected chi connectivity index (χ3v) is 3.38. The molecule has 1 fully saturated rings. The van der Waals surface area contributed by atoms with Crippen LogP contribution in [0.5, 0.6) is 0 Å².